The van der Waals surface area contributed by atoms with Gasteiger partial charge in [-0.05, 0) is 70.8 Å². The molecule has 0 aliphatic heterocycles. The van der Waals surface area contributed by atoms with Crippen LogP contribution in [-0.2, 0) is 15.1 Å². The number of carboxylic acids is 1. The molecule has 5 aromatic rings. The van der Waals surface area contributed by atoms with Crippen molar-refractivity contribution in [2.24, 2.45) is 0 Å². The normalized spacial score (nSPS) is 12.0. The molecule has 43 heavy (non-hydrogen) atoms. The summed E-state index contributed by atoms with van der Waals surface area (Å²) in [7, 11) is 0. The van der Waals surface area contributed by atoms with Gasteiger partial charge in [0.2, 0.25) is 0 Å². The maximum absolute atomic E-state index is 13.6. The number of carboxylic acid groups (broad SMARTS) is 1. The summed E-state index contributed by atoms with van der Waals surface area (Å²) in [4.78, 5) is 12.4. The Labute approximate surface area is 257 Å². The third kappa shape index (κ3) is 6.47. The summed E-state index contributed by atoms with van der Waals surface area (Å²) in [5, 5.41) is 10.6. The van der Waals surface area contributed by atoms with Crippen molar-refractivity contribution in [1.29, 1.82) is 0 Å². The zero-order valence-corrected chi connectivity index (χ0v) is 24.0. The largest absolute Gasteiger partial charge is 0.477 e. The minimum absolute atomic E-state index is 0.247. The van der Waals surface area contributed by atoms with Crippen LogP contribution < -0.4 is 4.74 Å². The van der Waals surface area contributed by atoms with Gasteiger partial charge in [-0.25, -0.2) is 13.6 Å². The van der Waals surface area contributed by atoms with Gasteiger partial charge in [0, 0.05) is 11.1 Å². The Morgan fingerprint density at radius 1 is 0.744 bits per heavy atom. The van der Waals surface area contributed by atoms with Crippen molar-refractivity contribution in [3.8, 4) is 28.0 Å². The molecular weight excluding hydrogens is 593 g/mol. The second-order valence-corrected chi connectivity index (χ2v) is 10.4. The summed E-state index contributed by atoms with van der Waals surface area (Å²) in [6.45, 7) is 4.02. The van der Waals surface area contributed by atoms with Crippen molar-refractivity contribution in [3.05, 3.63) is 161 Å². The lowest BCUT2D eigenvalue weighted by Gasteiger charge is -2.34. The Kier molecular flexibility index (Phi) is 8.92. The molecule has 0 spiro atoms. The van der Waals surface area contributed by atoms with E-state index >= 15 is 0 Å². The molecule has 4 nitrogen and oxygen atoms in total. The number of rotatable bonds is 10. The standard InChI is InChI=1S/C35H24Cl2F2O4/c1-2-35(43-34(33(40)41)42-28-6-4-3-5-7-28,24-12-8-22(9-13-24)29-18-16-26(38)20-31(29)36)25-14-10-23(11-15-25)30-19-17-27(39)21-32(30)37/h2-21,34H,1H2,(H,40,41). The Hall–Kier alpha value is -4.49. The highest BCUT2D eigenvalue weighted by atomic mass is 35.5. The van der Waals surface area contributed by atoms with Crippen molar-refractivity contribution in [3.63, 3.8) is 0 Å². The molecule has 1 atom stereocenters. The maximum Gasteiger partial charge on any atom is 0.373 e. The van der Waals surface area contributed by atoms with Gasteiger partial charge in [0.25, 0.3) is 0 Å². The summed E-state index contributed by atoms with van der Waals surface area (Å²) >= 11 is 12.6. The number of hydrogen-bond acceptors (Lipinski definition) is 3. The monoisotopic (exact) mass is 616 g/mol. The third-order valence-corrected chi connectivity index (χ3v) is 7.51. The smallest absolute Gasteiger partial charge is 0.373 e. The molecule has 0 radical (unpaired) electrons. The number of halogens is 4. The highest BCUT2D eigenvalue weighted by molar-refractivity contribution is 6.33. The molecule has 0 aliphatic rings. The number of para-hydroxylation sites is 1. The van der Waals surface area contributed by atoms with E-state index in [2.05, 4.69) is 6.58 Å². The predicted octanol–water partition coefficient (Wildman–Crippen LogP) is 9.54. The molecule has 216 valence electrons. The van der Waals surface area contributed by atoms with Crippen molar-refractivity contribution < 1.29 is 28.2 Å². The lowest BCUT2D eigenvalue weighted by molar-refractivity contribution is -0.187. The number of aliphatic carboxylic acids is 1. The van der Waals surface area contributed by atoms with Gasteiger partial charge in [-0.15, -0.1) is 0 Å². The fraction of sp³-hybridized carbons (Fsp3) is 0.0571. The molecule has 0 bridgehead atoms. The van der Waals surface area contributed by atoms with E-state index < -0.39 is 29.5 Å². The van der Waals surface area contributed by atoms with E-state index in [-0.39, 0.29) is 10.0 Å². The van der Waals surface area contributed by atoms with Crippen LogP contribution in [0.25, 0.3) is 22.3 Å². The van der Waals surface area contributed by atoms with Crippen LogP contribution in [0, 0.1) is 11.6 Å². The van der Waals surface area contributed by atoms with Gasteiger partial charge in [0.1, 0.15) is 23.0 Å². The fourth-order valence-corrected chi connectivity index (χ4v) is 5.30. The topological polar surface area (TPSA) is 55.8 Å². The lowest BCUT2D eigenvalue weighted by Crippen LogP contribution is -2.40. The zero-order chi connectivity index (χ0) is 30.6. The lowest BCUT2D eigenvalue weighted by atomic mass is 9.84. The third-order valence-electron chi connectivity index (χ3n) is 6.88. The first-order valence-corrected chi connectivity index (χ1v) is 13.8. The first-order chi connectivity index (χ1) is 20.7. The number of ether oxygens (including phenoxy) is 2. The molecule has 0 saturated heterocycles. The van der Waals surface area contributed by atoms with Gasteiger partial charge in [-0.3, -0.25) is 0 Å². The van der Waals surface area contributed by atoms with E-state index in [1.165, 1.54) is 30.3 Å². The molecule has 8 heteroatoms. The molecule has 0 aliphatic carbocycles. The summed E-state index contributed by atoms with van der Waals surface area (Å²) in [6.07, 6.45) is -0.227. The molecule has 0 amide bonds. The van der Waals surface area contributed by atoms with E-state index in [1.54, 1.807) is 91.0 Å². The number of benzene rings is 5. The molecule has 1 unspecified atom stereocenters. The predicted molar refractivity (Wildman–Crippen MR) is 164 cm³/mol. The van der Waals surface area contributed by atoms with E-state index in [0.717, 1.165) is 0 Å². The van der Waals surface area contributed by atoms with Gasteiger partial charge in [0.05, 0.1) is 10.0 Å². The summed E-state index contributed by atoms with van der Waals surface area (Å²) in [5.41, 5.74) is 2.24. The first-order valence-electron chi connectivity index (χ1n) is 13.1. The summed E-state index contributed by atoms with van der Waals surface area (Å²) in [5.74, 6) is -1.95. The minimum Gasteiger partial charge on any atom is -0.477 e. The van der Waals surface area contributed by atoms with Crippen molar-refractivity contribution in [2.45, 2.75) is 11.9 Å². The van der Waals surface area contributed by atoms with Gasteiger partial charge < -0.3 is 14.6 Å². The maximum atomic E-state index is 13.6. The number of hydrogen-bond donors (Lipinski definition) is 1. The Morgan fingerprint density at radius 2 is 1.21 bits per heavy atom. The first kappa shape index (κ1) is 30.0. The number of carbonyl (C=O) groups is 1. The SMILES string of the molecule is C=CC(OC(Oc1ccccc1)C(=O)O)(c1ccc(-c2ccc(F)cc2Cl)cc1)c1ccc(-c2ccc(F)cc2Cl)cc1. The molecule has 0 saturated carbocycles. The van der Waals surface area contributed by atoms with E-state index in [9.17, 15) is 18.7 Å². The average Bonchev–Trinajstić information content (AvgIpc) is 3.00. The van der Waals surface area contributed by atoms with Crippen molar-refractivity contribution in [1.82, 2.24) is 0 Å². The molecule has 0 heterocycles. The second kappa shape index (κ2) is 12.8. The van der Waals surface area contributed by atoms with Gasteiger partial charge in [0.15, 0.2) is 0 Å². The fourth-order valence-electron chi connectivity index (χ4n) is 4.74. The summed E-state index contributed by atoms with van der Waals surface area (Å²) in [6, 6.07) is 30.8. The molecule has 5 rings (SSSR count). The van der Waals surface area contributed by atoms with E-state index in [1.807, 2.05) is 0 Å². The molecule has 0 aromatic heterocycles. The van der Waals surface area contributed by atoms with E-state index in [0.29, 0.717) is 39.1 Å². The van der Waals surface area contributed by atoms with Crippen LogP contribution in [0.4, 0.5) is 8.78 Å². The average molecular weight is 617 g/mol. The van der Waals surface area contributed by atoms with Crippen molar-refractivity contribution in [2.75, 3.05) is 0 Å². The highest BCUT2D eigenvalue weighted by Gasteiger charge is 2.39. The van der Waals surface area contributed by atoms with Crippen LogP contribution in [0.15, 0.2) is 128 Å². The molecular formula is C35H24Cl2F2O4. The second-order valence-electron chi connectivity index (χ2n) is 9.56. The van der Waals surface area contributed by atoms with Crippen LogP contribution in [0.5, 0.6) is 5.75 Å². The summed E-state index contributed by atoms with van der Waals surface area (Å²) < 4.78 is 39.3. The van der Waals surface area contributed by atoms with Crippen LogP contribution >= 0.6 is 23.2 Å². The van der Waals surface area contributed by atoms with Crippen LogP contribution in [0.1, 0.15) is 11.1 Å². The van der Waals surface area contributed by atoms with E-state index in [4.69, 9.17) is 32.7 Å². The molecule has 1 N–H and O–H groups in total. The van der Waals surface area contributed by atoms with Gasteiger partial charge >= 0.3 is 12.3 Å². The van der Waals surface area contributed by atoms with Gasteiger partial charge in [-0.2, -0.15) is 0 Å². The molecule has 0 fully saturated rings. The van der Waals surface area contributed by atoms with Crippen LogP contribution in [0.2, 0.25) is 10.0 Å². The van der Waals surface area contributed by atoms with Crippen LogP contribution in [0.3, 0.4) is 0 Å². The minimum atomic E-state index is -1.72. The highest BCUT2D eigenvalue weighted by Crippen LogP contribution is 2.40. The Balaban J connectivity index is 1.59. The van der Waals surface area contributed by atoms with Crippen LogP contribution in [-0.4, -0.2) is 17.4 Å². The quantitative estimate of drug-likeness (QED) is 0.125. The Morgan fingerprint density at radius 3 is 1.60 bits per heavy atom. The Bertz CT molecular complexity index is 1660. The zero-order valence-electron chi connectivity index (χ0n) is 22.5. The molecule has 5 aromatic carbocycles. The van der Waals surface area contributed by atoms with Crippen molar-refractivity contribution >= 4 is 29.2 Å². The van der Waals surface area contributed by atoms with Gasteiger partial charge in [-0.1, -0.05) is 103 Å².